The molecule has 0 fully saturated rings. The van der Waals surface area contributed by atoms with Crippen LogP contribution in [0, 0.1) is 6.92 Å². The maximum Gasteiger partial charge on any atom is 0.0652 e. The molecule has 1 N–H and O–H groups in total. The van der Waals surface area contributed by atoms with Gasteiger partial charge in [-0.3, -0.25) is 5.10 Å². The Morgan fingerprint density at radius 1 is 1.21 bits per heavy atom. The van der Waals surface area contributed by atoms with Crippen molar-refractivity contribution in [1.29, 1.82) is 0 Å². The SMILES string of the molecule is CSc1ccc(-c2cc(C)n[nH]2)cc1. The van der Waals surface area contributed by atoms with E-state index in [0.717, 1.165) is 11.4 Å². The maximum atomic E-state index is 4.11. The van der Waals surface area contributed by atoms with Crippen LogP contribution < -0.4 is 0 Å². The van der Waals surface area contributed by atoms with Crippen molar-refractivity contribution >= 4 is 11.8 Å². The molecule has 1 aromatic heterocycles. The van der Waals surface area contributed by atoms with E-state index in [0.29, 0.717) is 0 Å². The number of nitrogens with zero attached hydrogens (tertiary/aromatic N) is 1. The van der Waals surface area contributed by atoms with E-state index in [1.165, 1.54) is 10.5 Å². The highest BCUT2D eigenvalue weighted by atomic mass is 32.2. The third kappa shape index (κ3) is 1.82. The largest absolute Gasteiger partial charge is 0.278 e. The molecular formula is C11H12N2S. The second-order valence-electron chi connectivity index (χ2n) is 3.15. The van der Waals surface area contributed by atoms with Crippen LogP contribution in [0.5, 0.6) is 0 Å². The van der Waals surface area contributed by atoms with Crippen LogP contribution in [0.3, 0.4) is 0 Å². The number of hydrogen-bond donors (Lipinski definition) is 1. The summed E-state index contributed by atoms with van der Waals surface area (Å²) in [5.74, 6) is 0. The fraction of sp³-hybridized carbons (Fsp3) is 0.182. The van der Waals surface area contributed by atoms with Crippen molar-refractivity contribution in [2.45, 2.75) is 11.8 Å². The standard InChI is InChI=1S/C11H12N2S/c1-8-7-11(13-12-8)9-3-5-10(14-2)6-4-9/h3-7H,1-2H3,(H,12,13). The maximum absolute atomic E-state index is 4.11. The van der Waals surface area contributed by atoms with Gasteiger partial charge in [-0.25, -0.2) is 0 Å². The molecular weight excluding hydrogens is 192 g/mol. The number of H-pyrrole nitrogens is 1. The lowest BCUT2D eigenvalue weighted by Crippen LogP contribution is -1.77. The number of aryl methyl sites for hydroxylation is 1. The average Bonchev–Trinajstić information content (AvgIpc) is 2.65. The monoisotopic (exact) mass is 204 g/mol. The van der Waals surface area contributed by atoms with E-state index in [4.69, 9.17) is 0 Å². The first-order chi connectivity index (χ1) is 6.79. The van der Waals surface area contributed by atoms with Crippen LogP contribution >= 0.6 is 11.8 Å². The number of nitrogens with one attached hydrogen (secondary N) is 1. The van der Waals surface area contributed by atoms with Crippen molar-refractivity contribution in [3.8, 4) is 11.3 Å². The van der Waals surface area contributed by atoms with E-state index in [1.807, 2.05) is 13.0 Å². The van der Waals surface area contributed by atoms with E-state index in [1.54, 1.807) is 11.8 Å². The molecule has 72 valence electrons. The first-order valence-electron chi connectivity index (χ1n) is 4.46. The fourth-order valence-electron chi connectivity index (χ4n) is 1.34. The molecule has 2 nitrogen and oxygen atoms in total. The zero-order chi connectivity index (χ0) is 9.97. The van der Waals surface area contributed by atoms with E-state index >= 15 is 0 Å². The Bertz CT molecular complexity index is 417. The Labute approximate surface area is 87.7 Å². The lowest BCUT2D eigenvalue weighted by Gasteiger charge is -1.98. The van der Waals surface area contributed by atoms with Crippen LogP contribution in [0.1, 0.15) is 5.69 Å². The third-order valence-corrected chi connectivity index (χ3v) is 2.85. The van der Waals surface area contributed by atoms with Gasteiger partial charge in [0.1, 0.15) is 0 Å². The Kier molecular flexibility index (Phi) is 2.59. The number of rotatable bonds is 2. The molecule has 0 saturated carbocycles. The molecule has 1 aromatic carbocycles. The lowest BCUT2D eigenvalue weighted by atomic mass is 10.1. The van der Waals surface area contributed by atoms with Crippen LogP contribution in [0.15, 0.2) is 35.2 Å². The molecule has 14 heavy (non-hydrogen) atoms. The summed E-state index contributed by atoms with van der Waals surface area (Å²) in [6.45, 7) is 1.98. The predicted octanol–water partition coefficient (Wildman–Crippen LogP) is 3.11. The Morgan fingerprint density at radius 3 is 2.43 bits per heavy atom. The van der Waals surface area contributed by atoms with Gasteiger partial charge in [0.25, 0.3) is 0 Å². The predicted molar refractivity (Wildman–Crippen MR) is 60.5 cm³/mol. The summed E-state index contributed by atoms with van der Waals surface area (Å²) in [6, 6.07) is 10.5. The average molecular weight is 204 g/mol. The fourth-order valence-corrected chi connectivity index (χ4v) is 1.75. The molecule has 3 heteroatoms. The lowest BCUT2D eigenvalue weighted by molar-refractivity contribution is 1.05. The van der Waals surface area contributed by atoms with E-state index in [9.17, 15) is 0 Å². The minimum absolute atomic E-state index is 1.02. The van der Waals surface area contributed by atoms with Crippen molar-refractivity contribution in [1.82, 2.24) is 10.2 Å². The zero-order valence-corrected chi connectivity index (χ0v) is 9.06. The summed E-state index contributed by atoms with van der Waals surface area (Å²) in [5.41, 5.74) is 3.28. The molecule has 2 aromatic rings. The van der Waals surface area contributed by atoms with Crippen LogP contribution in [0.25, 0.3) is 11.3 Å². The molecule has 0 amide bonds. The number of thioether (sulfide) groups is 1. The summed E-state index contributed by atoms with van der Waals surface area (Å²) in [7, 11) is 0. The molecule has 0 aliphatic rings. The van der Waals surface area contributed by atoms with Crippen molar-refractivity contribution in [2.75, 3.05) is 6.26 Å². The number of aromatic amines is 1. The highest BCUT2D eigenvalue weighted by Gasteiger charge is 2.00. The van der Waals surface area contributed by atoms with Gasteiger partial charge >= 0.3 is 0 Å². The number of aromatic nitrogens is 2. The van der Waals surface area contributed by atoms with Gasteiger partial charge in [0.15, 0.2) is 0 Å². The zero-order valence-electron chi connectivity index (χ0n) is 8.24. The van der Waals surface area contributed by atoms with E-state index < -0.39 is 0 Å². The summed E-state index contributed by atoms with van der Waals surface area (Å²) in [5, 5.41) is 7.11. The minimum Gasteiger partial charge on any atom is -0.278 e. The first kappa shape index (κ1) is 9.34. The van der Waals surface area contributed by atoms with Crippen molar-refractivity contribution < 1.29 is 0 Å². The highest BCUT2D eigenvalue weighted by molar-refractivity contribution is 7.98. The number of hydrogen-bond acceptors (Lipinski definition) is 2. The van der Waals surface area contributed by atoms with Crippen LogP contribution in [-0.4, -0.2) is 16.5 Å². The first-order valence-corrected chi connectivity index (χ1v) is 5.68. The van der Waals surface area contributed by atoms with Crippen molar-refractivity contribution in [2.24, 2.45) is 0 Å². The van der Waals surface area contributed by atoms with Crippen LogP contribution in [0.4, 0.5) is 0 Å². The van der Waals surface area contributed by atoms with Gasteiger partial charge in [-0.15, -0.1) is 11.8 Å². The number of benzene rings is 1. The molecule has 0 bridgehead atoms. The van der Waals surface area contributed by atoms with E-state index in [-0.39, 0.29) is 0 Å². The quantitative estimate of drug-likeness (QED) is 0.761. The Balaban J connectivity index is 2.33. The molecule has 0 spiro atoms. The van der Waals surface area contributed by atoms with Crippen molar-refractivity contribution in [3.05, 3.63) is 36.0 Å². The molecule has 0 unspecified atom stereocenters. The molecule has 0 aliphatic carbocycles. The Morgan fingerprint density at radius 2 is 1.93 bits per heavy atom. The van der Waals surface area contributed by atoms with Gasteiger partial charge in [0.2, 0.25) is 0 Å². The summed E-state index contributed by atoms with van der Waals surface area (Å²) >= 11 is 1.75. The van der Waals surface area contributed by atoms with Gasteiger partial charge < -0.3 is 0 Å². The van der Waals surface area contributed by atoms with Gasteiger partial charge in [-0.05, 0) is 36.9 Å². The molecule has 0 radical (unpaired) electrons. The highest BCUT2D eigenvalue weighted by Crippen LogP contribution is 2.21. The van der Waals surface area contributed by atoms with Gasteiger partial charge in [0, 0.05) is 4.90 Å². The Hall–Kier alpha value is -1.22. The summed E-state index contributed by atoms with van der Waals surface area (Å²) < 4.78 is 0. The normalized spacial score (nSPS) is 10.4. The third-order valence-electron chi connectivity index (χ3n) is 2.11. The topological polar surface area (TPSA) is 28.7 Å². The summed E-state index contributed by atoms with van der Waals surface area (Å²) in [6.07, 6.45) is 2.08. The molecule has 1 heterocycles. The van der Waals surface area contributed by atoms with E-state index in [2.05, 4.69) is 40.7 Å². The molecule has 0 atom stereocenters. The summed E-state index contributed by atoms with van der Waals surface area (Å²) in [4.78, 5) is 1.28. The second kappa shape index (κ2) is 3.88. The van der Waals surface area contributed by atoms with Gasteiger partial charge in [-0.1, -0.05) is 12.1 Å². The second-order valence-corrected chi connectivity index (χ2v) is 4.03. The van der Waals surface area contributed by atoms with Gasteiger partial charge in [0.05, 0.1) is 11.4 Å². The molecule has 0 aliphatic heterocycles. The smallest absolute Gasteiger partial charge is 0.0652 e. The molecule has 2 rings (SSSR count). The minimum atomic E-state index is 1.02. The van der Waals surface area contributed by atoms with Crippen molar-refractivity contribution in [3.63, 3.8) is 0 Å². The molecule has 0 saturated heterocycles. The van der Waals surface area contributed by atoms with Crippen LogP contribution in [-0.2, 0) is 0 Å². The van der Waals surface area contributed by atoms with Gasteiger partial charge in [-0.2, -0.15) is 5.10 Å². The van der Waals surface area contributed by atoms with Crippen LogP contribution in [0.2, 0.25) is 0 Å².